The number of hydrogen-bond donors (Lipinski definition) is 1. The zero-order valence-electron chi connectivity index (χ0n) is 15.5. The van der Waals surface area contributed by atoms with Gasteiger partial charge in [0.05, 0.1) is 6.61 Å². The third-order valence-electron chi connectivity index (χ3n) is 3.84. The maximum atomic E-state index is 12.0. The molecule has 2 rings (SSSR count). The Morgan fingerprint density at radius 1 is 1.00 bits per heavy atom. The van der Waals surface area contributed by atoms with E-state index in [0.29, 0.717) is 13.0 Å². The van der Waals surface area contributed by atoms with Crippen LogP contribution in [-0.2, 0) is 14.3 Å². The number of esters is 1. The van der Waals surface area contributed by atoms with E-state index in [4.69, 9.17) is 9.47 Å². The quantitative estimate of drug-likeness (QED) is 0.575. The van der Waals surface area contributed by atoms with Crippen LogP contribution in [0, 0.1) is 20.8 Å². The number of para-hydroxylation sites is 1. The summed E-state index contributed by atoms with van der Waals surface area (Å²) in [7, 11) is 0. The van der Waals surface area contributed by atoms with Gasteiger partial charge in [-0.05, 0) is 50.5 Å². The van der Waals surface area contributed by atoms with Gasteiger partial charge in [0.25, 0.3) is 5.91 Å². The fourth-order valence-corrected chi connectivity index (χ4v) is 2.69. The van der Waals surface area contributed by atoms with E-state index in [-0.39, 0.29) is 18.9 Å². The Bertz CT molecular complexity index is 733. The molecule has 0 heterocycles. The van der Waals surface area contributed by atoms with E-state index in [9.17, 15) is 9.59 Å². The molecule has 1 amide bonds. The molecule has 26 heavy (non-hydrogen) atoms. The average molecular weight is 355 g/mol. The van der Waals surface area contributed by atoms with Gasteiger partial charge < -0.3 is 14.8 Å². The van der Waals surface area contributed by atoms with Crippen LogP contribution in [0.2, 0.25) is 0 Å². The van der Waals surface area contributed by atoms with Crippen molar-refractivity contribution in [1.82, 2.24) is 0 Å². The molecule has 0 fully saturated rings. The highest BCUT2D eigenvalue weighted by molar-refractivity contribution is 5.94. The van der Waals surface area contributed by atoms with Gasteiger partial charge in [-0.2, -0.15) is 0 Å². The number of hydrogen-bond acceptors (Lipinski definition) is 4. The van der Waals surface area contributed by atoms with Crippen LogP contribution >= 0.6 is 0 Å². The van der Waals surface area contributed by atoms with E-state index in [2.05, 4.69) is 5.32 Å². The minimum atomic E-state index is -0.408. The van der Waals surface area contributed by atoms with Gasteiger partial charge in [0.15, 0.2) is 6.61 Å². The van der Waals surface area contributed by atoms with Crippen LogP contribution in [0.3, 0.4) is 0 Å². The number of rotatable bonds is 8. The fraction of sp³-hybridized carbons (Fsp3) is 0.333. The molecule has 0 unspecified atom stereocenters. The van der Waals surface area contributed by atoms with E-state index in [1.54, 1.807) is 0 Å². The van der Waals surface area contributed by atoms with Gasteiger partial charge in [-0.1, -0.05) is 35.9 Å². The van der Waals surface area contributed by atoms with Crippen molar-refractivity contribution >= 4 is 17.6 Å². The number of carbonyl (C=O) groups is 2. The lowest BCUT2D eigenvalue weighted by atomic mass is 10.1. The van der Waals surface area contributed by atoms with E-state index in [1.165, 1.54) is 0 Å². The Kier molecular flexibility index (Phi) is 7.21. The Morgan fingerprint density at radius 2 is 1.65 bits per heavy atom. The van der Waals surface area contributed by atoms with Crippen LogP contribution in [0.25, 0.3) is 0 Å². The van der Waals surface area contributed by atoms with Crippen molar-refractivity contribution in [3.05, 3.63) is 59.2 Å². The van der Waals surface area contributed by atoms with Crippen molar-refractivity contribution in [3.8, 4) is 5.75 Å². The minimum Gasteiger partial charge on any atom is -0.494 e. The highest BCUT2D eigenvalue weighted by Gasteiger charge is 2.11. The van der Waals surface area contributed by atoms with Gasteiger partial charge in [-0.25, -0.2) is 0 Å². The molecule has 138 valence electrons. The molecule has 2 aromatic carbocycles. The smallest absolute Gasteiger partial charge is 0.306 e. The van der Waals surface area contributed by atoms with E-state index < -0.39 is 5.97 Å². The largest absolute Gasteiger partial charge is 0.494 e. The highest BCUT2D eigenvalue weighted by atomic mass is 16.5. The molecule has 2 aromatic rings. The summed E-state index contributed by atoms with van der Waals surface area (Å²) in [5, 5.41) is 2.81. The Morgan fingerprint density at radius 3 is 2.31 bits per heavy atom. The minimum absolute atomic E-state index is 0.211. The first-order chi connectivity index (χ1) is 12.5. The zero-order chi connectivity index (χ0) is 18.9. The number of nitrogens with one attached hydrogen (secondary N) is 1. The molecule has 0 radical (unpaired) electrons. The molecule has 5 nitrogen and oxygen atoms in total. The summed E-state index contributed by atoms with van der Waals surface area (Å²) in [6.07, 6.45) is 0.744. The molecule has 0 bridgehead atoms. The predicted molar refractivity (Wildman–Crippen MR) is 101 cm³/mol. The summed E-state index contributed by atoms with van der Waals surface area (Å²) in [4.78, 5) is 23.7. The number of carbonyl (C=O) groups excluding carboxylic acids is 2. The van der Waals surface area contributed by atoms with Crippen molar-refractivity contribution in [1.29, 1.82) is 0 Å². The van der Waals surface area contributed by atoms with Gasteiger partial charge >= 0.3 is 5.97 Å². The van der Waals surface area contributed by atoms with Gasteiger partial charge in [-0.15, -0.1) is 0 Å². The molecule has 0 atom stereocenters. The summed E-state index contributed by atoms with van der Waals surface area (Å²) in [6, 6.07) is 13.4. The van der Waals surface area contributed by atoms with E-state index in [1.807, 2.05) is 63.2 Å². The summed E-state index contributed by atoms with van der Waals surface area (Å²) in [5.41, 5.74) is 3.88. The third-order valence-corrected chi connectivity index (χ3v) is 3.84. The van der Waals surface area contributed by atoms with Gasteiger partial charge in [0.2, 0.25) is 0 Å². The van der Waals surface area contributed by atoms with Crippen LogP contribution in [0.15, 0.2) is 42.5 Å². The first kappa shape index (κ1) is 19.5. The summed E-state index contributed by atoms with van der Waals surface area (Å²) >= 11 is 0. The molecule has 5 heteroatoms. The SMILES string of the molecule is Cc1cc(C)c(NC(=O)COC(=O)CCCOc2ccccc2)c(C)c1. The van der Waals surface area contributed by atoms with Crippen molar-refractivity contribution in [3.63, 3.8) is 0 Å². The molecule has 0 aliphatic carbocycles. The van der Waals surface area contributed by atoms with Crippen molar-refractivity contribution < 1.29 is 19.1 Å². The number of benzene rings is 2. The number of aryl methyl sites for hydroxylation is 3. The lowest BCUT2D eigenvalue weighted by molar-refractivity contribution is -0.147. The van der Waals surface area contributed by atoms with Gasteiger partial charge in [0, 0.05) is 12.1 Å². The summed E-state index contributed by atoms with van der Waals surface area (Å²) < 4.78 is 10.5. The van der Waals surface area contributed by atoms with Crippen molar-refractivity contribution in [2.45, 2.75) is 33.6 Å². The monoisotopic (exact) mass is 355 g/mol. The average Bonchev–Trinajstić information content (AvgIpc) is 2.61. The van der Waals surface area contributed by atoms with Gasteiger partial charge in [-0.3, -0.25) is 9.59 Å². The van der Waals surface area contributed by atoms with Gasteiger partial charge in [0.1, 0.15) is 5.75 Å². The lowest BCUT2D eigenvalue weighted by Gasteiger charge is -2.13. The number of amides is 1. The molecule has 0 aliphatic heterocycles. The molecule has 0 aliphatic rings. The van der Waals surface area contributed by atoms with Crippen LogP contribution in [0.5, 0.6) is 5.75 Å². The molecular weight excluding hydrogens is 330 g/mol. The molecule has 0 aromatic heterocycles. The Hall–Kier alpha value is -2.82. The molecule has 0 saturated heterocycles. The third kappa shape index (κ3) is 6.24. The first-order valence-electron chi connectivity index (χ1n) is 8.67. The fourth-order valence-electron chi connectivity index (χ4n) is 2.69. The Balaban J connectivity index is 1.68. The first-order valence-corrected chi connectivity index (χ1v) is 8.67. The number of anilines is 1. The summed E-state index contributed by atoms with van der Waals surface area (Å²) in [5.74, 6) is 0.0205. The molecule has 1 N–H and O–H groups in total. The molecule has 0 saturated carbocycles. The summed E-state index contributed by atoms with van der Waals surface area (Å²) in [6.45, 7) is 6.02. The van der Waals surface area contributed by atoms with E-state index in [0.717, 1.165) is 28.1 Å². The van der Waals surface area contributed by atoms with Crippen LogP contribution in [0.4, 0.5) is 5.69 Å². The second-order valence-electron chi connectivity index (χ2n) is 6.25. The van der Waals surface area contributed by atoms with Crippen LogP contribution in [-0.4, -0.2) is 25.1 Å². The topological polar surface area (TPSA) is 64.6 Å². The number of ether oxygens (including phenoxy) is 2. The zero-order valence-corrected chi connectivity index (χ0v) is 15.5. The lowest BCUT2D eigenvalue weighted by Crippen LogP contribution is -2.22. The second kappa shape index (κ2) is 9.61. The standard InChI is InChI=1S/C21H25NO4/c1-15-12-16(2)21(17(3)13-15)22-19(23)14-26-20(24)10-7-11-25-18-8-5-4-6-9-18/h4-6,8-9,12-13H,7,10-11,14H2,1-3H3,(H,22,23). The maximum absolute atomic E-state index is 12.0. The predicted octanol–water partition coefficient (Wildman–Crippen LogP) is 3.95. The van der Waals surface area contributed by atoms with E-state index >= 15 is 0 Å². The highest BCUT2D eigenvalue weighted by Crippen LogP contribution is 2.21. The van der Waals surface area contributed by atoms with Crippen LogP contribution < -0.4 is 10.1 Å². The normalized spacial score (nSPS) is 10.3. The van der Waals surface area contributed by atoms with Crippen molar-refractivity contribution in [2.75, 3.05) is 18.5 Å². The molecular formula is C21H25NO4. The Labute approximate surface area is 154 Å². The molecule has 0 spiro atoms. The van der Waals surface area contributed by atoms with Crippen LogP contribution in [0.1, 0.15) is 29.5 Å². The van der Waals surface area contributed by atoms with Crippen molar-refractivity contribution in [2.24, 2.45) is 0 Å². The maximum Gasteiger partial charge on any atom is 0.306 e. The second-order valence-corrected chi connectivity index (χ2v) is 6.25.